The third-order valence-corrected chi connectivity index (χ3v) is 5.34. The number of anilines is 2. The second-order valence-electron chi connectivity index (χ2n) is 5.98. The Kier molecular flexibility index (Phi) is 7.35. The van der Waals surface area contributed by atoms with Crippen molar-refractivity contribution in [3.63, 3.8) is 0 Å². The number of ether oxygens (including phenoxy) is 1. The maximum Gasteiger partial charge on any atom is 0.247 e. The van der Waals surface area contributed by atoms with Gasteiger partial charge in [0, 0.05) is 21.8 Å². The first-order valence-corrected chi connectivity index (χ1v) is 10.8. The summed E-state index contributed by atoms with van der Waals surface area (Å²) in [7, 11) is -3.79. The second-order valence-corrected chi connectivity index (χ2v) is 8.71. The van der Waals surface area contributed by atoms with Gasteiger partial charge in [-0.1, -0.05) is 41.9 Å². The molecule has 0 aromatic heterocycles. The first kappa shape index (κ1) is 22.1. The molecule has 0 radical (unpaired) electrons. The minimum absolute atomic E-state index is 0.200. The van der Waals surface area contributed by atoms with E-state index < -0.39 is 22.0 Å². The van der Waals surface area contributed by atoms with Gasteiger partial charge in [-0.25, -0.2) is 8.42 Å². The molecule has 0 spiro atoms. The molecule has 1 atom stereocenters. The van der Waals surface area contributed by atoms with Crippen LogP contribution in [0.3, 0.4) is 0 Å². The molecule has 0 bridgehead atoms. The van der Waals surface area contributed by atoms with Gasteiger partial charge in [0.2, 0.25) is 15.9 Å². The van der Waals surface area contributed by atoms with Gasteiger partial charge in [0.25, 0.3) is 0 Å². The van der Waals surface area contributed by atoms with Crippen molar-refractivity contribution in [2.45, 2.75) is 13.0 Å². The molecular formula is C19H20Cl2N2O4S. The lowest BCUT2D eigenvalue weighted by Gasteiger charge is -2.28. The quantitative estimate of drug-likeness (QED) is 0.616. The van der Waals surface area contributed by atoms with Crippen LogP contribution in [-0.2, 0) is 14.8 Å². The third kappa shape index (κ3) is 5.89. The predicted octanol–water partition coefficient (Wildman–Crippen LogP) is 4.35. The summed E-state index contributed by atoms with van der Waals surface area (Å²) in [5, 5.41) is 3.21. The smallest absolute Gasteiger partial charge is 0.247 e. The molecule has 9 heteroatoms. The molecule has 0 aliphatic carbocycles. The molecule has 0 aliphatic heterocycles. The average molecular weight is 443 g/mol. The van der Waals surface area contributed by atoms with E-state index in [1.54, 1.807) is 30.3 Å². The Hall–Kier alpha value is -2.22. The van der Waals surface area contributed by atoms with Gasteiger partial charge >= 0.3 is 0 Å². The molecule has 1 N–H and O–H groups in total. The molecule has 0 saturated carbocycles. The standard InChI is InChI=1S/C19H20Cl2N2O4S/c1-4-8-27-18-7-5-6-16(12-18)22-19(24)13(2)23(28(3,25)26)17-10-14(20)9-15(21)11-17/h4-7,9-13H,1,8H2,2-3H3,(H,22,24)/t13-/m0/s1. The minimum atomic E-state index is -3.79. The molecule has 0 saturated heterocycles. The first-order valence-electron chi connectivity index (χ1n) is 8.22. The van der Waals surface area contributed by atoms with Crippen molar-refractivity contribution in [3.05, 3.63) is 65.2 Å². The maximum absolute atomic E-state index is 12.7. The molecule has 1 amide bonds. The number of hydrogen-bond donors (Lipinski definition) is 1. The monoisotopic (exact) mass is 442 g/mol. The van der Waals surface area contributed by atoms with Crippen LogP contribution in [0.2, 0.25) is 10.0 Å². The molecule has 0 aliphatic rings. The summed E-state index contributed by atoms with van der Waals surface area (Å²) < 4.78 is 31.1. The van der Waals surface area contributed by atoms with E-state index in [4.69, 9.17) is 27.9 Å². The van der Waals surface area contributed by atoms with Gasteiger partial charge in [-0.2, -0.15) is 0 Å². The highest BCUT2D eigenvalue weighted by atomic mass is 35.5. The van der Waals surface area contributed by atoms with Crippen LogP contribution in [0, 0.1) is 0 Å². The SMILES string of the molecule is C=CCOc1cccc(NC(=O)[C@H](C)N(c2cc(Cl)cc(Cl)c2)S(C)(=O)=O)c1. The minimum Gasteiger partial charge on any atom is -0.489 e. The van der Waals surface area contributed by atoms with Crippen LogP contribution in [0.15, 0.2) is 55.1 Å². The summed E-state index contributed by atoms with van der Waals surface area (Å²) in [6.45, 7) is 5.38. The molecule has 28 heavy (non-hydrogen) atoms. The number of carbonyl (C=O) groups is 1. The number of halogens is 2. The number of nitrogens with one attached hydrogen (secondary N) is 1. The highest BCUT2D eigenvalue weighted by Gasteiger charge is 2.29. The Morgan fingerprint density at radius 1 is 1.25 bits per heavy atom. The van der Waals surface area contributed by atoms with E-state index in [0.29, 0.717) is 18.0 Å². The first-order chi connectivity index (χ1) is 13.1. The number of amides is 1. The summed E-state index contributed by atoms with van der Waals surface area (Å²) in [5.74, 6) is 0.0225. The van der Waals surface area contributed by atoms with Crippen LogP contribution >= 0.6 is 23.2 Å². The van der Waals surface area contributed by atoms with Crippen molar-refractivity contribution in [2.24, 2.45) is 0 Å². The molecular weight excluding hydrogens is 423 g/mol. The van der Waals surface area contributed by atoms with Crippen molar-refractivity contribution in [1.82, 2.24) is 0 Å². The van der Waals surface area contributed by atoms with E-state index in [0.717, 1.165) is 10.6 Å². The molecule has 0 fully saturated rings. The fourth-order valence-corrected chi connectivity index (χ4v) is 4.21. The molecule has 0 heterocycles. The number of carbonyl (C=O) groups excluding carboxylic acids is 1. The molecule has 150 valence electrons. The topological polar surface area (TPSA) is 75.7 Å². The van der Waals surface area contributed by atoms with Gasteiger partial charge in [0.05, 0.1) is 11.9 Å². The molecule has 2 aromatic carbocycles. The van der Waals surface area contributed by atoms with Gasteiger partial charge in [0.1, 0.15) is 18.4 Å². The van der Waals surface area contributed by atoms with Crippen LogP contribution in [0.1, 0.15) is 6.92 Å². The number of sulfonamides is 1. The highest BCUT2D eigenvalue weighted by Crippen LogP contribution is 2.29. The predicted molar refractivity (Wildman–Crippen MR) is 114 cm³/mol. The zero-order chi connectivity index (χ0) is 20.9. The molecule has 6 nitrogen and oxygen atoms in total. The summed E-state index contributed by atoms with van der Waals surface area (Å²) in [5.41, 5.74) is 0.668. The lowest BCUT2D eigenvalue weighted by Crippen LogP contribution is -2.45. The van der Waals surface area contributed by atoms with E-state index in [2.05, 4.69) is 11.9 Å². The normalized spacial score (nSPS) is 12.1. The number of benzene rings is 2. The Balaban J connectivity index is 2.28. The van der Waals surface area contributed by atoms with E-state index in [9.17, 15) is 13.2 Å². The number of nitrogens with zero attached hydrogens (tertiary/aromatic N) is 1. The van der Waals surface area contributed by atoms with Crippen LogP contribution in [-0.4, -0.2) is 33.2 Å². The van der Waals surface area contributed by atoms with Gasteiger partial charge in [-0.15, -0.1) is 0 Å². The van der Waals surface area contributed by atoms with E-state index in [-0.39, 0.29) is 15.7 Å². The van der Waals surface area contributed by atoms with Crippen LogP contribution in [0.4, 0.5) is 11.4 Å². The van der Waals surface area contributed by atoms with E-state index in [1.165, 1.54) is 25.1 Å². The van der Waals surface area contributed by atoms with Crippen LogP contribution in [0.5, 0.6) is 5.75 Å². The van der Waals surface area contributed by atoms with Crippen molar-refractivity contribution in [3.8, 4) is 5.75 Å². The average Bonchev–Trinajstić information content (AvgIpc) is 2.58. The van der Waals surface area contributed by atoms with Gasteiger partial charge in [-0.3, -0.25) is 9.10 Å². The van der Waals surface area contributed by atoms with Crippen LogP contribution < -0.4 is 14.4 Å². The van der Waals surface area contributed by atoms with E-state index in [1.807, 2.05) is 0 Å². The second kappa shape index (κ2) is 9.32. The fraction of sp³-hybridized carbons (Fsp3) is 0.211. The zero-order valence-electron chi connectivity index (χ0n) is 15.4. The fourth-order valence-electron chi connectivity index (χ4n) is 2.54. The maximum atomic E-state index is 12.7. The summed E-state index contributed by atoms with van der Waals surface area (Å²) in [4.78, 5) is 12.7. The van der Waals surface area contributed by atoms with Crippen molar-refractivity contribution >= 4 is 50.5 Å². The molecule has 0 unspecified atom stereocenters. The van der Waals surface area contributed by atoms with Crippen LogP contribution in [0.25, 0.3) is 0 Å². The van der Waals surface area contributed by atoms with Crippen molar-refractivity contribution < 1.29 is 17.9 Å². The third-order valence-electron chi connectivity index (χ3n) is 3.66. The number of hydrogen-bond acceptors (Lipinski definition) is 4. The summed E-state index contributed by atoms with van der Waals surface area (Å²) >= 11 is 12.0. The highest BCUT2D eigenvalue weighted by molar-refractivity contribution is 7.92. The Bertz CT molecular complexity index is 959. The van der Waals surface area contributed by atoms with Gasteiger partial charge in [0.15, 0.2) is 0 Å². The largest absolute Gasteiger partial charge is 0.489 e. The Morgan fingerprint density at radius 3 is 2.46 bits per heavy atom. The van der Waals surface area contributed by atoms with Gasteiger partial charge < -0.3 is 10.1 Å². The van der Waals surface area contributed by atoms with Gasteiger partial charge in [-0.05, 0) is 37.3 Å². The Morgan fingerprint density at radius 2 is 1.89 bits per heavy atom. The lowest BCUT2D eigenvalue weighted by molar-refractivity contribution is -0.116. The summed E-state index contributed by atoms with van der Waals surface area (Å²) in [6, 6.07) is 10.0. The summed E-state index contributed by atoms with van der Waals surface area (Å²) in [6.07, 6.45) is 2.61. The van der Waals surface area contributed by atoms with Crippen molar-refractivity contribution in [2.75, 3.05) is 22.5 Å². The molecule has 2 aromatic rings. The molecule has 2 rings (SSSR count). The number of rotatable bonds is 8. The zero-order valence-corrected chi connectivity index (χ0v) is 17.7. The van der Waals surface area contributed by atoms with Crippen molar-refractivity contribution in [1.29, 1.82) is 0 Å². The lowest BCUT2D eigenvalue weighted by atomic mass is 10.2. The van der Waals surface area contributed by atoms with E-state index >= 15 is 0 Å². The Labute approximate surface area is 174 Å².